The van der Waals surface area contributed by atoms with E-state index >= 15 is 0 Å². The largest absolute Gasteiger partial charge is 0.502 e. The second-order valence-electron chi connectivity index (χ2n) is 8.60. The van der Waals surface area contributed by atoms with Gasteiger partial charge in [0.15, 0.2) is 11.4 Å². The van der Waals surface area contributed by atoms with E-state index in [1.807, 2.05) is 12.1 Å². The molecular weight excluding hydrogens is 578 g/mol. The first kappa shape index (κ1) is 27.1. The number of nitrogens with zero attached hydrogens (tertiary/aromatic N) is 2. The van der Waals surface area contributed by atoms with Gasteiger partial charge < -0.3 is 15.8 Å². The maximum absolute atomic E-state index is 14.8. The Labute approximate surface area is 222 Å². The van der Waals surface area contributed by atoms with E-state index in [2.05, 4.69) is 15.9 Å². The summed E-state index contributed by atoms with van der Waals surface area (Å²) in [6, 6.07) is 8.73. The molecule has 0 saturated carbocycles. The predicted molar refractivity (Wildman–Crippen MR) is 136 cm³/mol. The summed E-state index contributed by atoms with van der Waals surface area (Å²) >= 11 is 4.84. The summed E-state index contributed by atoms with van der Waals surface area (Å²) in [5.41, 5.74) is 0.574. The number of nitrogen functional groups attached to an aromatic ring is 1. The molecule has 1 amide bonds. The summed E-state index contributed by atoms with van der Waals surface area (Å²) < 4.78 is 57.7. The topological polar surface area (TPSA) is 88.6 Å². The van der Waals surface area contributed by atoms with Gasteiger partial charge in [-0.15, -0.1) is 11.8 Å². The van der Waals surface area contributed by atoms with Crippen molar-refractivity contribution >= 4 is 33.6 Å². The number of halogens is 5. The van der Waals surface area contributed by atoms with Crippen LogP contribution in [0.25, 0.3) is 0 Å². The fourth-order valence-corrected chi connectivity index (χ4v) is 6.28. The van der Waals surface area contributed by atoms with Crippen LogP contribution in [0, 0.1) is 5.82 Å². The number of aromatic nitrogens is 1. The Hall–Kier alpha value is -2.99. The highest BCUT2D eigenvalue weighted by Gasteiger charge is 2.43. The molecule has 0 fully saturated rings. The SMILES string of the molecule is C[C@@H](N(CC[C@@H]1c2cccc(F)c2SCc2cccc(Br)c21)C(=O)c1c(O)c(=O)ccn1N)C(F)(F)F. The van der Waals surface area contributed by atoms with Crippen LogP contribution in [0.5, 0.6) is 5.75 Å². The molecule has 1 aliphatic rings. The first-order valence-electron chi connectivity index (χ1n) is 11.2. The molecule has 0 spiro atoms. The van der Waals surface area contributed by atoms with Crippen LogP contribution in [-0.2, 0) is 5.75 Å². The predicted octanol–water partition coefficient (Wildman–Crippen LogP) is 5.39. The van der Waals surface area contributed by atoms with Crippen molar-refractivity contribution in [2.24, 2.45) is 0 Å². The summed E-state index contributed by atoms with van der Waals surface area (Å²) in [6.45, 7) is 0.394. The van der Waals surface area contributed by atoms with Gasteiger partial charge in [-0.05, 0) is 42.2 Å². The van der Waals surface area contributed by atoms with Gasteiger partial charge in [0.1, 0.15) is 11.9 Å². The average molecular weight is 600 g/mol. The fraction of sp³-hybridized carbons (Fsp3) is 0.280. The van der Waals surface area contributed by atoms with Gasteiger partial charge in [-0.2, -0.15) is 13.2 Å². The molecule has 2 heterocycles. The molecule has 37 heavy (non-hydrogen) atoms. The summed E-state index contributed by atoms with van der Waals surface area (Å²) in [5.74, 6) is 2.88. The van der Waals surface area contributed by atoms with Gasteiger partial charge in [0.25, 0.3) is 5.91 Å². The van der Waals surface area contributed by atoms with Crippen molar-refractivity contribution in [2.75, 3.05) is 12.4 Å². The van der Waals surface area contributed by atoms with Crippen molar-refractivity contribution in [3.05, 3.63) is 91.6 Å². The highest BCUT2D eigenvalue weighted by Crippen LogP contribution is 2.46. The zero-order valence-electron chi connectivity index (χ0n) is 19.4. The van der Waals surface area contributed by atoms with E-state index in [9.17, 15) is 32.3 Å². The van der Waals surface area contributed by atoms with E-state index in [0.717, 1.165) is 30.3 Å². The number of amides is 1. The lowest BCUT2D eigenvalue weighted by Crippen LogP contribution is -2.49. The number of aromatic hydroxyl groups is 1. The van der Waals surface area contributed by atoms with Gasteiger partial charge in [0, 0.05) is 39.8 Å². The smallest absolute Gasteiger partial charge is 0.408 e. The number of alkyl halides is 3. The summed E-state index contributed by atoms with van der Waals surface area (Å²) in [7, 11) is 0. The molecule has 3 N–H and O–H groups in total. The molecule has 2 aromatic carbocycles. The standard InChI is InChI=1S/C25H22BrF4N3O3S/c1-13(25(28,29)30)32(24(36)21-22(35)19(34)9-11-33(21)31)10-8-15-16-5-3-7-18(27)23(16)37-12-14-4-2-6-17(26)20(14)15/h2-7,9,11,13,15,35H,8,10,12,31H2,1H3/t13-,15-/m1/s1. The van der Waals surface area contributed by atoms with Crippen LogP contribution in [-0.4, -0.2) is 39.4 Å². The third-order valence-corrected chi connectivity index (χ3v) is 8.27. The second kappa shape index (κ2) is 10.4. The zero-order chi connectivity index (χ0) is 27.1. The van der Waals surface area contributed by atoms with Crippen LogP contribution in [0.3, 0.4) is 0 Å². The minimum atomic E-state index is -4.80. The number of thioether (sulfide) groups is 1. The lowest BCUT2D eigenvalue weighted by Gasteiger charge is -2.33. The molecule has 4 rings (SSSR count). The molecule has 6 nitrogen and oxygen atoms in total. The molecule has 3 aromatic rings. The lowest BCUT2D eigenvalue weighted by atomic mass is 9.85. The van der Waals surface area contributed by atoms with Crippen molar-refractivity contribution < 1.29 is 27.5 Å². The molecule has 1 aliphatic heterocycles. The Morgan fingerprint density at radius 2 is 1.97 bits per heavy atom. The number of pyridine rings is 1. The normalized spacial score (nSPS) is 15.9. The number of carbonyl (C=O) groups excluding carboxylic acids is 1. The third-order valence-electron chi connectivity index (χ3n) is 6.40. The Kier molecular flexibility index (Phi) is 7.61. The number of rotatable bonds is 5. The van der Waals surface area contributed by atoms with Crippen LogP contribution < -0.4 is 11.3 Å². The van der Waals surface area contributed by atoms with Gasteiger partial charge >= 0.3 is 6.18 Å². The number of hydrogen-bond donors (Lipinski definition) is 2. The van der Waals surface area contributed by atoms with Crippen molar-refractivity contribution in [1.29, 1.82) is 0 Å². The van der Waals surface area contributed by atoms with Gasteiger partial charge in [-0.1, -0.05) is 40.2 Å². The zero-order valence-corrected chi connectivity index (χ0v) is 21.8. The molecule has 2 atom stereocenters. The van der Waals surface area contributed by atoms with Crippen LogP contribution in [0.4, 0.5) is 17.6 Å². The molecule has 0 aliphatic carbocycles. The molecule has 1 aromatic heterocycles. The Morgan fingerprint density at radius 3 is 2.68 bits per heavy atom. The van der Waals surface area contributed by atoms with Gasteiger partial charge in [0.05, 0.1) is 0 Å². The molecule has 196 valence electrons. The second-order valence-corrected chi connectivity index (χ2v) is 10.4. The highest BCUT2D eigenvalue weighted by atomic mass is 79.9. The number of fused-ring (bicyclic) bond motifs is 2. The van der Waals surface area contributed by atoms with E-state index in [1.165, 1.54) is 17.8 Å². The Bertz CT molecular complexity index is 1410. The molecule has 0 radical (unpaired) electrons. The number of benzene rings is 2. The van der Waals surface area contributed by atoms with E-state index in [4.69, 9.17) is 5.84 Å². The Balaban J connectivity index is 1.79. The van der Waals surface area contributed by atoms with Crippen molar-refractivity contribution in [3.63, 3.8) is 0 Å². The molecular formula is C25H22BrF4N3O3S. The monoisotopic (exact) mass is 599 g/mol. The molecule has 0 bridgehead atoms. The van der Waals surface area contributed by atoms with Crippen molar-refractivity contribution in [3.8, 4) is 5.75 Å². The third kappa shape index (κ3) is 5.22. The van der Waals surface area contributed by atoms with Crippen molar-refractivity contribution in [1.82, 2.24) is 9.58 Å². The quantitative estimate of drug-likeness (QED) is 0.303. The van der Waals surface area contributed by atoms with Crippen molar-refractivity contribution in [2.45, 2.75) is 42.1 Å². The van der Waals surface area contributed by atoms with Gasteiger partial charge in [-0.25, -0.2) is 4.39 Å². The number of carbonyl (C=O) groups is 1. The van der Waals surface area contributed by atoms with E-state index in [1.54, 1.807) is 18.2 Å². The molecule has 0 saturated heterocycles. The molecule has 0 unspecified atom stereocenters. The summed E-state index contributed by atoms with van der Waals surface area (Å²) in [5, 5.41) is 10.2. The summed E-state index contributed by atoms with van der Waals surface area (Å²) in [6.07, 6.45) is -3.82. The maximum Gasteiger partial charge on any atom is 0.408 e. The van der Waals surface area contributed by atoms with Crippen LogP contribution in [0.1, 0.15) is 46.4 Å². The maximum atomic E-state index is 14.8. The Morgan fingerprint density at radius 1 is 1.27 bits per heavy atom. The van der Waals surface area contributed by atoms with E-state index in [0.29, 0.717) is 30.3 Å². The minimum absolute atomic E-state index is 0.00118. The molecule has 12 heteroatoms. The number of nitrogens with two attached hydrogens (primary N) is 1. The average Bonchev–Trinajstić information content (AvgIpc) is 3.00. The van der Waals surface area contributed by atoms with E-state index in [-0.39, 0.29) is 6.42 Å². The highest BCUT2D eigenvalue weighted by molar-refractivity contribution is 9.10. The van der Waals surface area contributed by atoms with Crippen LogP contribution in [0.2, 0.25) is 0 Å². The minimum Gasteiger partial charge on any atom is -0.502 e. The number of hydrogen-bond acceptors (Lipinski definition) is 5. The van der Waals surface area contributed by atoms with Crippen LogP contribution >= 0.6 is 27.7 Å². The first-order chi connectivity index (χ1) is 17.4. The lowest BCUT2D eigenvalue weighted by molar-refractivity contribution is -0.172. The van der Waals surface area contributed by atoms with Gasteiger partial charge in [-0.3, -0.25) is 14.3 Å². The van der Waals surface area contributed by atoms with Gasteiger partial charge in [0.2, 0.25) is 5.43 Å². The fourth-order valence-electron chi connectivity index (χ4n) is 4.46. The summed E-state index contributed by atoms with van der Waals surface area (Å²) in [4.78, 5) is 26.2. The first-order valence-corrected chi connectivity index (χ1v) is 13.0. The van der Waals surface area contributed by atoms with E-state index < -0.39 is 53.3 Å². The van der Waals surface area contributed by atoms with Crippen LogP contribution in [0.15, 0.2) is 62.8 Å².